The van der Waals surface area contributed by atoms with Crippen LogP contribution in [0, 0.1) is 0 Å². The number of hydrogen-bond acceptors (Lipinski definition) is 2. The molecule has 1 aliphatic rings. The van der Waals surface area contributed by atoms with Gasteiger partial charge in [-0.1, -0.05) is 12.1 Å². The molecular weight excluding hydrogens is 267 g/mol. The lowest BCUT2D eigenvalue weighted by atomic mass is 9.86. The SMILES string of the molecule is Cl.OC1(c2cccc(C(F)(F)F)c2)CCCNC1. The molecule has 0 saturated carbocycles. The minimum Gasteiger partial charge on any atom is -0.384 e. The summed E-state index contributed by atoms with van der Waals surface area (Å²) in [6.07, 6.45) is -3.12. The summed E-state index contributed by atoms with van der Waals surface area (Å²) in [7, 11) is 0. The minimum absolute atomic E-state index is 0. The van der Waals surface area contributed by atoms with Crippen LogP contribution in [-0.2, 0) is 11.8 Å². The Bertz CT molecular complexity index is 403. The Labute approximate surface area is 110 Å². The van der Waals surface area contributed by atoms with Gasteiger partial charge in [-0.15, -0.1) is 12.4 Å². The molecule has 0 amide bonds. The molecule has 0 bridgehead atoms. The molecule has 2 rings (SSSR count). The van der Waals surface area contributed by atoms with Crippen molar-refractivity contribution in [3.63, 3.8) is 0 Å². The van der Waals surface area contributed by atoms with Crippen molar-refractivity contribution in [2.75, 3.05) is 13.1 Å². The maximum absolute atomic E-state index is 12.6. The average molecular weight is 282 g/mol. The van der Waals surface area contributed by atoms with Crippen LogP contribution in [-0.4, -0.2) is 18.2 Å². The monoisotopic (exact) mass is 281 g/mol. The van der Waals surface area contributed by atoms with Gasteiger partial charge >= 0.3 is 6.18 Å². The van der Waals surface area contributed by atoms with Gasteiger partial charge in [-0.05, 0) is 37.1 Å². The Morgan fingerprint density at radius 2 is 2.00 bits per heavy atom. The third kappa shape index (κ3) is 3.16. The van der Waals surface area contributed by atoms with Gasteiger partial charge < -0.3 is 10.4 Å². The van der Waals surface area contributed by atoms with Crippen LogP contribution in [0.5, 0.6) is 0 Å². The van der Waals surface area contributed by atoms with Gasteiger partial charge in [0, 0.05) is 6.54 Å². The van der Waals surface area contributed by atoms with E-state index in [2.05, 4.69) is 5.32 Å². The smallest absolute Gasteiger partial charge is 0.384 e. The fourth-order valence-electron chi connectivity index (χ4n) is 2.12. The summed E-state index contributed by atoms with van der Waals surface area (Å²) >= 11 is 0. The zero-order valence-electron chi connectivity index (χ0n) is 9.63. The molecule has 102 valence electrons. The molecule has 1 heterocycles. The second-order valence-corrected chi connectivity index (χ2v) is 4.39. The standard InChI is InChI=1S/C12H14F3NO.ClH/c13-12(14,15)10-4-1-3-9(7-10)11(17)5-2-6-16-8-11;/h1,3-4,7,16-17H,2,5-6,8H2;1H. The number of aliphatic hydroxyl groups is 1. The van der Waals surface area contributed by atoms with Crippen molar-refractivity contribution in [2.24, 2.45) is 0 Å². The largest absolute Gasteiger partial charge is 0.416 e. The van der Waals surface area contributed by atoms with Gasteiger partial charge in [0.1, 0.15) is 5.60 Å². The molecule has 0 aromatic heterocycles. The normalized spacial score (nSPS) is 24.4. The summed E-state index contributed by atoms with van der Waals surface area (Å²) in [5, 5.41) is 13.3. The van der Waals surface area contributed by atoms with E-state index in [1.165, 1.54) is 6.07 Å². The van der Waals surface area contributed by atoms with E-state index in [4.69, 9.17) is 0 Å². The van der Waals surface area contributed by atoms with Crippen LogP contribution < -0.4 is 5.32 Å². The predicted octanol–water partition coefficient (Wildman–Crippen LogP) is 2.70. The molecular formula is C12H15ClF3NO. The summed E-state index contributed by atoms with van der Waals surface area (Å²) in [4.78, 5) is 0. The number of piperidine rings is 1. The van der Waals surface area contributed by atoms with Gasteiger partial charge in [-0.3, -0.25) is 0 Å². The lowest BCUT2D eigenvalue weighted by Crippen LogP contribution is -2.43. The highest BCUT2D eigenvalue weighted by atomic mass is 35.5. The molecule has 2 nitrogen and oxygen atoms in total. The molecule has 0 aliphatic carbocycles. The highest BCUT2D eigenvalue weighted by Gasteiger charge is 2.35. The van der Waals surface area contributed by atoms with Crippen LogP contribution >= 0.6 is 12.4 Å². The number of benzene rings is 1. The molecule has 1 fully saturated rings. The third-order valence-corrected chi connectivity index (χ3v) is 3.09. The van der Waals surface area contributed by atoms with Crippen LogP contribution in [0.25, 0.3) is 0 Å². The van der Waals surface area contributed by atoms with Crippen molar-refractivity contribution in [1.29, 1.82) is 0 Å². The molecule has 6 heteroatoms. The molecule has 0 radical (unpaired) electrons. The van der Waals surface area contributed by atoms with Gasteiger partial charge in [-0.2, -0.15) is 13.2 Å². The zero-order valence-corrected chi connectivity index (χ0v) is 10.4. The van der Waals surface area contributed by atoms with Crippen molar-refractivity contribution < 1.29 is 18.3 Å². The van der Waals surface area contributed by atoms with Crippen molar-refractivity contribution in [3.8, 4) is 0 Å². The maximum Gasteiger partial charge on any atom is 0.416 e. The summed E-state index contributed by atoms with van der Waals surface area (Å²) in [5.41, 5.74) is -1.56. The average Bonchev–Trinajstić information content (AvgIpc) is 2.29. The van der Waals surface area contributed by atoms with Gasteiger partial charge in [-0.25, -0.2) is 0 Å². The fraction of sp³-hybridized carbons (Fsp3) is 0.500. The van der Waals surface area contributed by atoms with E-state index < -0.39 is 17.3 Å². The maximum atomic E-state index is 12.6. The van der Waals surface area contributed by atoms with E-state index >= 15 is 0 Å². The first kappa shape index (κ1) is 15.3. The highest BCUT2D eigenvalue weighted by molar-refractivity contribution is 5.85. The second kappa shape index (κ2) is 5.47. The molecule has 0 spiro atoms. The van der Waals surface area contributed by atoms with Crippen LogP contribution in [0.4, 0.5) is 13.2 Å². The quantitative estimate of drug-likeness (QED) is 0.829. The minimum atomic E-state index is -4.37. The number of alkyl halides is 3. The number of halogens is 4. The summed E-state index contributed by atoms with van der Waals surface area (Å²) in [6, 6.07) is 4.93. The topological polar surface area (TPSA) is 32.3 Å². The first-order valence-electron chi connectivity index (χ1n) is 5.53. The molecule has 1 aliphatic heterocycles. The molecule has 18 heavy (non-hydrogen) atoms. The highest BCUT2D eigenvalue weighted by Crippen LogP contribution is 2.34. The van der Waals surface area contributed by atoms with Crippen LogP contribution in [0.1, 0.15) is 24.0 Å². The summed E-state index contributed by atoms with van der Waals surface area (Å²) in [5.74, 6) is 0. The Morgan fingerprint density at radius 3 is 2.56 bits per heavy atom. The number of hydrogen-bond donors (Lipinski definition) is 2. The fourth-order valence-corrected chi connectivity index (χ4v) is 2.12. The number of β-amino-alcohol motifs (C(OH)–C–C–N with tert-alkyl or cyclic N) is 1. The molecule has 1 aromatic rings. The first-order chi connectivity index (χ1) is 7.92. The van der Waals surface area contributed by atoms with E-state index in [0.717, 1.165) is 25.1 Å². The lowest BCUT2D eigenvalue weighted by Gasteiger charge is -2.33. The summed E-state index contributed by atoms with van der Waals surface area (Å²) in [6.45, 7) is 1.09. The van der Waals surface area contributed by atoms with E-state index in [1.54, 1.807) is 6.07 Å². The van der Waals surface area contributed by atoms with E-state index in [9.17, 15) is 18.3 Å². The lowest BCUT2D eigenvalue weighted by molar-refractivity contribution is -0.137. The van der Waals surface area contributed by atoms with Crippen LogP contribution in [0.3, 0.4) is 0 Å². The zero-order chi connectivity index (χ0) is 12.5. The van der Waals surface area contributed by atoms with E-state index in [0.29, 0.717) is 18.5 Å². The molecule has 1 saturated heterocycles. The van der Waals surface area contributed by atoms with E-state index in [1.807, 2.05) is 0 Å². The number of rotatable bonds is 1. The van der Waals surface area contributed by atoms with Crippen LogP contribution in [0.15, 0.2) is 24.3 Å². The van der Waals surface area contributed by atoms with E-state index in [-0.39, 0.29) is 12.4 Å². The Kier molecular flexibility index (Phi) is 4.64. The molecule has 1 unspecified atom stereocenters. The van der Waals surface area contributed by atoms with Crippen molar-refractivity contribution >= 4 is 12.4 Å². The second-order valence-electron chi connectivity index (χ2n) is 4.39. The van der Waals surface area contributed by atoms with Crippen molar-refractivity contribution in [2.45, 2.75) is 24.6 Å². The Morgan fingerprint density at radius 1 is 1.28 bits per heavy atom. The molecule has 2 N–H and O–H groups in total. The third-order valence-electron chi connectivity index (χ3n) is 3.09. The van der Waals surface area contributed by atoms with Crippen LogP contribution in [0.2, 0.25) is 0 Å². The Balaban J connectivity index is 0.00000162. The van der Waals surface area contributed by atoms with Gasteiger partial charge in [0.25, 0.3) is 0 Å². The predicted molar refractivity (Wildman–Crippen MR) is 64.7 cm³/mol. The molecule has 1 atom stereocenters. The van der Waals surface area contributed by atoms with Crippen molar-refractivity contribution in [3.05, 3.63) is 35.4 Å². The Hall–Kier alpha value is -0.780. The van der Waals surface area contributed by atoms with Gasteiger partial charge in [0.05, 0.1) is 5.56 Å². The summed E-state index contributed by atoms with van der Waals surface area (Å²) < 4.78 is 37.7. The number of nitrogens with one attached hydrogen (secondary N) is 1. The molecule has 1 aromatic carbocycles. The van der Waals surface area contributed by atoms with Gasteiger partial charge in [0.2, 0.25) is 0 Å². The first-order valence-corrected chi connectivity index (χ1v) is 5.53. The van der Waals surface area contributed by atoms with Crippen molar-refractivity contribution in [1.82, 2.24) is 5.32 Å². The van der Waals surface area contributed by atoms with Gasteiger partial charge in [0.15, 0.2) is 0 Å².